The fourth-order valence-electron chi connectivity index (χ4n) is 1.48. The molecule has 2 heterocycles. The Morgan fingerprint density at radius 3 is 2.80 bits per heavy atom. The number of hydrogen-bond donors (Lipinski definition) is 0. The summed E-state index contributed by atoms with van der Waals surface area (Å²) in [5.74, 6) is -0.397. The summed E-state index contributed by atoms with van der Waals surface area (Å²) in [6.07, 6.45) is 0. The molecular formula is C12H12N2O5S. The van der Waals surface area contributed by atoms with Gasteiger partial charge in [0.2, 0.25) is 0 Å². The average Bonchev–Trinajstić information content (AvgIpc) is 3.05. The molecule has 0 amide bonds. The van der Waals surface area contributed by atoms with E-state index in [1.807, 2.05) is 0 Å². The molecule has 0 saturated carbocycles. The van der Waals surface area contributed by atoms with Crippen molar-refractivity contribution in [2.24, 2.45) is 0 Å². The topological polar surface area (TPSA) is 91.5 Å². The molecule has 20 heavy (non-hydrogen) atoms. The summed E-state index contributed by atoms with van der Waals surface area (Å²) in [6.45, 7) is 3.08. The molecule has 0 unspecified atom stereocenters. The van der Waals surface area contributed by atoms with Gasteiger partial charge >= 0.3 is 11.9 Å². The maximum Gasteiger partial charge on any atom is 0.341 e. The lowest BCUT2D eigenvalue weighted by atomic mass is 10.2. The summed E-state index contributed by atoms with van der Waals surface area (Å²) in [5, 5.41) is 5.54. The lowest BCUT2D eigenvalue weighted by molar-refractivity contribution is -0.142. The van der Waals surface area contributed by atoms with E-state index in [1.54, 1.807) is 12.3 Å². The first-order valence-electron chi connectivity index (χ1n) is 5.82. The first kappa shape index (κ1) is 14.2. The highest BCUT2D eigenvalue weighted by atomic mass is 32.1. The van der Waals surface area contributed by atoms with E-state index in [2.05, 4.69) is 9.59 Å². The number of carbonyl (C=O) groups excluding carboxylic acids is 2. The molecule has 0 saturated heterocycles. The number of carbonyl (C=O) groups is 2. The van der Waals surface area contributed by atoms with Crippen LogP contribution in [0.5, 0.6) is 0 Å². The molecule has 0 N–H and O–H groups in total. The predicted octanol–water partition coefficient (Wildman–Crippen LogP) is 2.04. The molecule has 2 aromatic heterocycles. The van der Waals surface area contributed by atoms with Gasteiger partial charge in [0.15, 0.2) is 11.5 Å². The fourth-order valence-corrected chi connectivity index (χ4v) is 1.93. The highest BCUT2D eigenvalue weighted by Crippen LogP contribution is 2.26. The predicted molar refractivity (Wildman–Crippen MR) is 69.0 cm³/mol. The van der Waals surface area contributed by atoms with Crippen LogP contribution < -0.4 is 0 Å². The molecule has 0 aromatic carbocycles. The van der Waals surface area contributed by atoms with Gasteiger partial charge in [-0.25, -0.2) is 4.79 Å². The zero-order valence-electron chi connectivity index (χ0n) is 10.9. The number of nitrogens with zero attached hydrogens (tertiary/aromatic N) is 2. The standard InChI is InChI=1S/C12H12N2O5S/c1-3-17-12(16)8-4-10(9-6-20-14-13-9)19-11(8)5-18-7(2)15/h4,6H,3,5H2,1-2H3. The Morgan fingerprint density at radius 1 is 1.40 bits per heavy atom. The second kappa shape index (κ2) is 6.29. The lowest BCUT2D eigenvalue weighted by Gasteiger charge is -2.02. The van der Waals surface area contributed by atoms with Crippen LogP contribution in [0.3, 0.4) is 0 Å². The molecule has 7 nitrogen and oxygen atoms in total. The van der Waals surface area contributed by atoms with Crippen LogP contribution in [0, 0.1) is 0 Å². The number of ether oxygens (including phenoxy) is 2. The van der Waals surface area contributed by atoms with E-state index in [0.717, 1.165) is 11.5 Å². The van der Waals surface area contributed by atoms with Gasteiger partial charge in [0, 0.05) is 18.4 Å². The Bertz CT molecular complexity index is 605. The number of hydrogen-bond acceptors (Lipinski definition) is 8. The van der Waals surface area contributed by atoms with Gasteiger partial charge in [-0.3, -0.25) is 4.79 Å². The van der Waals surface area contributed by atoms with E-state index in [-0.39, 0.29) is 24.5 Å². The minimum absolute atomic E-state index is 0.138. The molecular weight excluding hydrogens is 284 g/mol. The van der Waals surface area contributed by atoms with Crippen LogP contribution in [0.25, 0.3) is 11.5 Å². The van der Waals surface area contributed by atoms with Gasteiger partial charge in [-0.05, 0) is 18.5 Å². The Labute approximate surface area is 118 Å². The maximum absolute atomic E-state index is 11.8. The number of rotatable bonds is 5. The summed E-state index contributed by atoms with van der Waals surface area (Å²) in [6, 6.07) is 1.51. The Hall–Kier alpha value is -2.22. The van der Waals surface area contributed by atoms with Gasteiger partial charge in [-0.1, -0.05) is 4.49 Å². The van der Waals surface area contributed by atoms with Crippen LogP contribution >= 0.6 is 11.5 Å². The van der Waals surface area contributed by atoms with E-state index >= 15 is 0 Å². The van der Waals surface area contributed by atoms with Crippen molar-refractivity contribution in [2.45, 2.75) is 20.5 Å². The van der Waals surface area contributed by atoms with Crippen molar-refractivity contribution >= 4 is 23.5 Å². The van der Waals surface area contributed by atoms with Crippen molar-refractivity contribution in [3.05, 3.63) is 22.8 Å². The largest absolute Gasteiger partial charge is 0.462 e. The highest BCUT2D eigenvalue weighted by molar-refractivity contribution is 7.03. The van der Waals surface area contributed by atoms with Gasteiger partial charge in [-0.2, -0.15) is 0 Å². The molecule has 2 aromatic rings. The van der Waals surface area contributed by atoms with Crippen molar-refractivity contribution in [3.8, 4) is 11.5 Å². The maximum atomic E-state index is 11.8. The number of esters is 2. The molecule has 0 atom stereocenters. The number of furan rings is 1. The third-order valence-electron chi connectivity index (χ3n) is 2.32. The third-order valence-corrected chi connectivity index (χ3v) is 2.83. The van der Waals surface area contributed by atoms with Gasteiger partial charge in [0.1, 0.15) is 17.9 Å². The normalized spacial score (nSPS) is 10.3. The van der Waals surface area contributed by atoms with Crippen LogP contribution in [0.2, 0.25) is 0 Å². The monoisotopic (exact) mass is 296 g/mol. The first-order valence-corrected chi connectivity index (χ1v) is 6.66. The van der Waals surface area contributed by atoms with Crippen molar-refractivity contribution in [2.75, 3.05) is 6.61 Å². The molecule has 106 valence electrons. The molecule has 0 aliphatic carbocycles. The van der Waals surface area contributed by atoms with Gasteiger partial charge in [-0.15, -0.1) is 5.10 Å². The smallest absolute Gasteiger partial charge is 0.341 e. The van der Waals surface area contributed by atoms with Crippen molar-refractivity contribution < 1.29 is 23.5 Å². The van der Waals surface area contributed by atoms with Crippen LogP contribution in [0.15, 0.2) is 15.9 Å². The van der Waals surface area contributed by atoms with Crippen molar-refractivity contribution in [1.29, 1.82) is 0 Å². The molecule has 0 fully saturated rings. The molecule has 0 aliphatic rings. The summed E-state index contributed by atoms with van der Waals surface area (Å²) in [4.78, 5) is 22.7. The summed E-state index contributed by atoms with van der Waals surface area (Å²) >= 11 is 1.16. The zero-order valence-corrected chi connectivity index (χ0v) is 11.7. The van der Waals surface area contributed by atoms with Gasteiger partial charge in [0.25, 0.3) is 0 Å². The minimum Gasteiger partial charge on any atom is -0.462 e. The molecule has 2 rings (SSSR count). The minimum atomic E-state index is -0.534. The molecule has 0 bridgehead atoms. The van der Waals surface area contributed by atoms with Crippen LogP contribution in [0.4, 0.5) is 0 Å². The SMILES string of the molecule is CCOC(=O)c1cc(-c2csnn2)oc1COC(C)=O. The van der Waals surface area contributed by atoms with E-state index in [9.17, 15) is 9.59 Å². The van der Waals surface area contributed by atoms with Crippen molar-refractivity contribution in [3.63, 3.8) is 0 Å². The number of aromatic nitrogens is 2. The average molecular weight is 296 g/mol. The lowest BCUT2D eigenvalue weighted by Crippen LogP contribution is -2.07. The van der Waals surface area contributed by atoms with Gasteiger partial charge < -0.3 is 13.9 Å². The first-order chi connectivity index (χ1) is 9.61. The van der Waals surface area contributed by atoms with E-state index < -0.39 is 11.9 Å². The zero-order chi connectivity index (χ0) is 14.5. The van der Waals surface area contributed by atoms with E-state index in [1.165, 1.54) is 13.0 Å². The van der Waals surface area contributed by atoms with E-state index in [0.29, 0.717) is 11.5 Å². The molecule has 0 aliphatic heterocycles. The highest BCUT2D eigenvalue weighted by Gasteiger charge is 2.21. The Morgan fingerprint density at radius 2 is 2.20 bits per heavy atom. The Kier molecular flexibility index (Phi) is 4.46. The second-order valence-corrected chi connectivity index (χ2v) is 4.35. The second-order valence-electron chi connectivity index (χ2n) is 3.74. The molecule has 0 spiro atoms. The van der Waals surface area contributed by atoms with Crippen molar-refractivity contribution in [1.82, 2.24) is 9.59 Å². The van der Waals surface area contributed by atoms with Crippen LogP contribution in [-0.4, -0.2) is 28.1 Å². The quantitative estimate of drug-likeness (QED) is 0.779. The van der Waals surface area contributed by atoms with E-state index in [4.69, 9.17) is 13.9 Å². The van der Waals surface area contributed by atoms with Crippen LogP contribution in [-0.2, 0) is 20.9 Å². The van der Waals surface area contributed by atoms with Gasteiger partial charge in [0.05, 0.1) is 6.61 Å². The molecule has 0 radical (unpaired) electrons. The Balaban J connectivity index is 2.31. The summed E-state index contributed by atoms with van der Waals surface area (Å²) < 4.78 is 19.0. The summed E-state index contributed by atoms with van der Waals surface area (Å²) in [7, 11) is 0. The third kappa shape index (κ3) is 3.21. The molecule has 8 heteroatoms. The fraction of sp³-hybridized carbons (Fsp3) is 0.333. The van der Waals surface area contributed by atoms with Crippen LogP contribution in [0.1, 0.15) is 30.0 Å². The summed E-state index contributed by atoms with van der Waals surface area (Å²) in [5.41, 5.74) is 0.728.